The van der Waals surface area contributed by atoms with Gasteiger partial charge in [0.15, 0.2) is 0 Å². The molecule has 3 heteroatoms. The highest BCUT2D eigenvalue weighted by molar-refractivity contribution is 4.90. The lowest BCUT2D eigenvalue weighted by atomic mass is 9.90. The zero-order valence-corrected chi connectivity index (χ0v) is 12.2. The fourth-order valence-electron chi connectivity index (χ4n) is 2.39. The lowest BCUT2D eigenvalue weighted by Crippen LogP contribution is -2.59. The fourth-order valence-corrected chi connectivity index (χ4v) is 2.39. The molecule has 0 amide bonds. The first-order valence-electron chi connectivity index (χ1n) is 7.10. The van der Waals surface area contributed by atoms with Crippen LogP contribution in [0.2, 0.25) is 0 Å². The molecule has 1 aliphatic heterocycles. The summed E-state index contributed by atoms with van der Waals surface area (Å²) < 4.78 is 0. The molecule has 1 aliphatic rings. The Kier molecular flexibility index (Phi) is 5.42. The minimum Gasteiger partial charge on any atom is -0.389 e. The molecule has 1 heterocycles. The van der Waals surface area contributed by atoms with Gasteiger partial charge in [-0.05, 0) is 25.7 Å². The molecular weight excluding hydrogens is 212 g/mol. The lowest BCUT2D eigenvalue weighted by Gasteiger charge is -2.44. The van der Waals surface area contributed by atoms with Crippen LogP contribution in [0.5, 0.6) is 0 Å². The van der Waals surface area contributed by atoms with E-state index in [-0.39, 0.29) is 0 Å². The van der Waals surface area contributed by atoms with Crippen molar-refractivity contribution in [2.24, 2.45) is 5.92 Å². The summed E-state index contributed by atoms with van der Waals surface area (Å²) in [6, 6.07) is 1.16. The molecule has 2 N–H and O–H groups in total. The Bertz CT molecular complexity index is 228. The average molecular weight is 242 g/mol. The molecule has 3 nitrogen and oxygen atoms in total. The van der Waals surface area contributed by atoms with E-state index in [2.05, 4.69) is 37.9 Å². The van der Waals surface area contributed by atoms with Crippen LogP contribution in [0.1, 0.15) is 47.5 Å². The van der Waals surface area contributed by atoms with Crippen LogP contribution in [0.15, 0.2) is 0 Å². The topological polar surface area (TPSA) is 35.5 Å². The van der Waals surface area contributed by atoms with Gasteiger partial charge >= 0.3 is 0 Å². The van der Waals surface area contributed by atoms with Gasteiger partial charge in [-0.15, -0.1) is 0 Å². The third kappa shape index (κ3) is 3.94. The number of nitrogens with zero attached hydrogens (tertiary/aromatic N) is 1. The van der Waals surface area contributed by atoms with Crippen LogP contribution in [0.25, 0.3) is 0 Å². The van der Waals surface area contributed by atoms with Crippen LogP contribution in [0, 0.1) is 5.92 Å². The van der Waals surface area contributed by atoms with E-state index >= 15 is 0 Å². The Balaban J connectivity index is 2.64. The highest BCUT2D eigenvalue weighted by Crippen LogP contribution is 2.21. The smallest absolute Gasteiger partial charge is 0.0768 e. The number of β-amino-alcohol motifs (C(OH)–C–C–N with tert-alkyl or cyclic N) is 1. The molecule has 0 aromatic heterocycles. The normalized spacial score (nSPS) is 30.5. The van der Waals surface area contributed by atoms with Crippen molar-refractivity contribution in [2.75, 3.05) is 19.6 Å². The maximum absolute atomic E-state index is 10.5. The minimum atomic E-state index is -0.580. The second-order valence-corrected chi connectivity index (χ2v) is 6.02. The maximum atomic E-state index is 10.5. The predicted molar refractivity (Wildman–Crippen MR) is 73.2 cm³/mol. The summed E-state index contributed by atoms with van der Waals surface area (Å²) in [7, 11) is 0. The third-order valence-electron chi connectivity index (χ3n) is 4.34. The summed E-state index contributed by atoms with van der Waals surface area (Å²) >= 11 is 0. The Morgan fingerprint density at radius 2 is 2.00 bits per heavy atom. The molecule has 17 heavy (non-hydrogen) atoms. The van der Waals surface area contributed by atoms with Crippen molar-refractivity contribution in [1.29, 1.82) is 0 Å². The molecule has 0 aromatic rings. The molecular formula is C14H30N2O. The number of rotatable bonds is 5. The standard InChI is InChI=1S/C14H30N2O/c1-6-12-9-16(13(7-2)8-15-12)10-14(5,17)11(3)4/h11-13,15,17H,6-10H2,1-5H3. The predicted octanol–water partition coefficient (Wildman–Crippen LogP) is 1.86. The van der Waals surface area contributed by atoms with E-state index in [1.165, 1.54) is 0 Å². The van der Waals surface area contributed by atoms with Gasteiger partial charge in [0, 0.05) is 31.7 Å². The Morgan fingerprint density at radius 1 is 1.35 bits per heavy atom. The first-order valence-corrected chi connectivity index (χ1v) is 7.10. The summed E-state index contributed by atoms with van der Waals surface area (Å²) in [6.45, 7) is 13.5. The number of piperazine rings is 1. The molecule has 1 fully saturated rings. The van der Waals surface area contributed by atoms with E-state index in [0.29, 0.717) is 18.0 Å². The molecule has 0 radical (unpaired) electrons. The van der Waals surface area contributed by atoms with Crippen molar-refractivity contribution in [3.8, 4) is 0 Å². The second-order valence-electron chi connectivity index (χ2n) is 6.02. The van der Waals surface area contributed by atoms with Crippen molar-refractivity contribution in [3.63, 3.8) is 0 Å². The first kappa shape index (κ1) is 14.9. The van der Waals surface area contributed by atoms with Crippen molar-refractivity contribution in [3.05, 3.63) is 0 Å². The summed E-state index contributed by atoms with van der Waals surface area (Å²) in [5, 5.41) is 14.0. The minimum absolute atomic E-state index is 0.301. The monoisotopic (exact) mass is 242 g/mol. The zero-order chi connectivity index (χ0) is 13.1. The van der Waals surface area contributed by atoms with Gasteiger partial charge in [-0.25, -0.2) is 0 Å². The van der Waals surface area contributed by atoms with E-state index in [9.17, 15) is 5.11 Å². The van der Waals surface area contributed by atoms with Gasteiger partial charge in [0.1, 0.15) is 0 Å². The van der Waals surface area contributed by atoms with Gasteiger partial charge in [-0.2, -0.15) is 0 Å². The molecule has 0 bridgehead atoms. The van der Waals surface area contributed by atoms with Crippen molar-refractivity contribution < 1.29 is 5.11 Å². The molecule has 3 unspecified atom stereocenters. The van der Waals surface area contributed by atoms with Crippen molar-refractivity contribution >= 4 is 0 Å². The molecule has 1 rings (SSSR count). The number of nitrogens with one attached hydrogen (secondary N) is 1. The van der Waals surface area contributed by atoms with Gasteiger partial charge in [0.25, 0.3) is 0 Å². The van der Waals surface area contributed by atoms with E-state index in [4.69, 9.17) is 0 Å². The maximum Gasteiger partial charge on any atom is 0.0768 e. The lowest BCUT2D eigenvalue weighted by molar-refractivity contribution is -0.0385. The highest BCUT2D eigenvalue weighted by atomic mass is 16.3. The van der Waals surface area contributed by atoms with E-state index < -0.39 is 5.60 Å². The van der Waals surface area contributed by atoms with Crippen LogP contribution in [0.4, 0.5) is 0 Å². The van der Waals surface area contributed by atoms with Gasteiger partial charge in [0.2, 0.25) is 0 Å². The number of hydrogen-bond donors (Lipinski definition) is 2. The largest absolute Gasteiger partial charge is 0.389 e. The Morgan fingerprint density at radius 3 is 2.47 bits per heavy atom. The molecule has 102 valence electrons. The molecule has 1 saturated heterocycles. The van der Waals surface area contributed by atoms with E-state index in [1.807, 2.05) is 6.92 Å². The summed E-state index contributed by atoms with van der Waals surface area (Å²) in [5.41, 5.74) is -0.580. The molecule has 0 spiro atoms. The van der Waals surface area contributed by atoms with Gasteiger partial charge < -0.3 is 10.4 Å². The average Bonchev–Trinajstić information content (AvgIpc) is 2.28. The van der Waals surface area contributed by atoms with E-state index in [1.54, 1.807) is 0 Å². The highest BCUT2D eigenvalue weighted by Gasteiger charge is 2.33. The van der Waals surface area contributed by atoms with Crippen molar-refractivity contribution in [2.45, 2.75) is 65.1 Å². The summed E-state index contributed by atoms with van der Waals surface area (Å²) in [5.74, 6) is 0.301. The van der Waals surface area contributed by atoms with Gasteiger partial charge in [-0.1, -0.05) is 27.7 Å². The van der Waals surface area contributed by atoms with E-state index in [0.717, 1.165) is 32.5 Å². The van der Waals surface area contributed by atoms with Gasteiger partial charge in [-0.3, -0.25) is 4.90 Å². The second kappa shape index (κ2) is 6.17. The first-order chi connectivity index (χ1) is 7.90. The number of hydrogen-bond acceptors (Lipinski definition) is 3. The van der Waals surface area contributed by atoms with Crippen molar-refractivity contribution in [1.82, 2.24) is 10.2 Å². The quantitative estimate of drug-likeness (QED) is 0.772. The molecule has 3 atom stereocenters. The van der Waals surface area contributed by atoms with Crippen LogP contribution in [-0.4, -0.2) is 47.3 Å². The zero-order valence-electron chi connectivity index (χ0n) is 12.2. The SMILES string of the molecule is CCC1CN(CC(C)(O)C(C)C)C(CC)CN1. The third-order valence-corrected chi connectivity index (χ3v) is 4.34. The van der Waals surface area contributed by atoms with Crippen LogP contribution in [-0.2, 0) is 0 Å². The molecule has 0 aromatic carbocycles. The van der Waals surface area contributed by atoms with Crippen LogP contribution in [0.3, 0.4) is 0 Å². The summed E-state index contributed by atoms with van der Waals surface area (Å²) in [4.78, 5) is 2.48. The van der Waals surface area contributed by atoms with Gasteiger partial charge in [0.05, 0.1) is 5.60 Å². The van der Waals surface area contributed by atoms with Crippen LogP contribution < -0.4 is 5.32 Å². The molecule has 0 aliphatic carbocycles. The fraction of sp³-hybridized carbons (Fsp3) is 1.00. The Labute approximate surface area is 107 Å². The van der Waals surface area contributed by atoms with Crippen LogP contribution >= 0.6 is 0 Å². The number of aliphatic hydroxyl groups is 1. The molecule has 0 saturated carbocycles. The summed E-state index contributed by atoms with van der Waals surface area (Å²) in [6.07, 6.45) is 2.31. The Hall–Kier alpha value is -0.120.